The zero-order valence-corrected chi connectivity index (χ0v) is 12.2. The summed E-state index contributed by atoms with van der Waals surface area (Å²) in [7, 11) is 0. The number of halogens is 2. The second-order valence-corrected chi connectivity index (χ2v) is 5.14. The molecule has 0 fully saturated rings. The van der Waals surface area contributed by atoms with Gasteiger partial charge in [-0.05, 0) is 29.8 Å². The molecule has 0 heterocycles. The van der Waals surface area contributed by atoms with Crippen LogP contribution in [0.25, 0.3) is 0 Å². The quantitative estimate of drug-likeness (QED) is 0.772. The van der Waals surface area contributed by atoms with Crippen molar-refractivity contribution in [1.29, 1.82) is 5.26 Å². The molecule has 2 nitrogen and oxygen atoms in total. The van der Waals surface area contributed by atoms with Gasteiger partial charge in [-0.1, -0.05) is 47.5 Å². The highest BCUT2D eigenvalue weighted by Gasteiger charge is 2.11. The fraction of sp³-hybridized carbons (Fsp3) is 0.188. The number of hydrogen-bond donors (Lipinski definition) is 0. The zero-order chi connectivity index (χ0) is 14.4. The smallest absolute Gasteiger partial charge is 0.137 e. The summed E-state index contributed by atoms with van der Waals surface area (Å²) < 4.78 is 5.61. The molecule has 0 bridgehead atoms. The van der Waals surface area contributed by atoms with Gasteiger partial charge in [0.1, 0.15) is 5.75 Å². The minimum Gasteiger partial charge on any atom is -0.492 e. The third-order valence-corrected chi connectivity index (χ3v) is 3.49. The standard InChI is InChI=1S/C16H13Cl2NO/c17-14-7-5-12(6-8-14)13(11-19)9-10-20-16-4-2-1-3-15(16)18/h1-8,13H,9-10H2. The lowest BCUT2D eigenvalue weighted by Crippen LogP contribution is -2.04. The number of nitrogens with zero attached hydrogens (tertiary/aromatic N) is 1. The fourth-order valence-corrected chi connectivity index (χ4v) is 2.17. The largest absolute Gasteiger partial charge is 0.492 e. The van der Waals surface area contributed by atoms with Crippen LogP contribution in [0.3, 0.4) is 0 Å². The molecule has 0 aliphatic carbocycles. The molecule has 2 aromatic carbocycles. The van der Waals surface area contributed by atoms with E-state index in [1.54, 1.807) is 18.2 Å². The molecule has 20 heavy (non-hydrogen) atoms. The summed E-state index contributed by atoms with van der Waals surface area (Å²) in [6.45, 7) is 0.435. The highest BCUT2D eigenvalue weighted by Crippen LogP contribution is 2.25. The second-order valence-electron chi connectivity index (χ2n) is 4.30. The summed E-state index contributed by atoms with van der Waals surface area (Å²) >= 11 is 11.8. The van der Waals surface area contributed by atoms with E-state index in [-0.39, 0.29) is 5.92 Å². The lowest BCUT2D eigenvalue weighted by molar-refractivity contribution is 0.306. The number of benzene rings is 2. The van der Waals surface area contributed by atoms with Crippen molar-refractivity contribution in [2.24, 2.45) is 0 Å². The van der Waals surface area contributed by atoms with Crippen molar-refractivity contribution in [3.05, 3.63) is 64.1 Å². The van der Waals surface area contributed by atoms with Gasteiger partial charge in [-0.25, -0.2) is 0 Å². The maximum Gasteiger partial charge on any atom is 0.137 e. The van der Waals surface area contributed by atoms with Gasteiger partial charge in [0.15, 0.2) is 0 Å². The third kappa shape index (κ3) is 3.90. The molecule has 2 aromatic rings. The Morgan fingerprint density at radius 2 is 1.75 bits per heavy atom. The molecule has 0 amide bonds. The predicted molar refractivity (Wildman–Crippen MR) is 81.4 cm³/mol. The van der Waals surface area contributed by atoms with E-state index in [0.29, 0.717) is 28.8 Å². The highest BCUT2D eigenvalue weighted by atomic mass is 35.5. The molecule has 4 heteroatoms. The van der Waals surface area contributed by atoms with Crippen molar-refractivity contribution in [3.8, 4) is 11.8 Å². The van der Waals surface area contributed by atoms with E-state index in [1.165, 1.54) is 0 Å². The Hall–Kier alpha value is -1.69. The zero-order valence-electron chi connectivity index (χ0n) is 10.7. The summed E-state index contributed by atoms with van der Waals surface area (Å²) in [5, 5.41) is 10.5. The van der Waals surface area contributed by atoms with E-state index in [0.717, 1.165) is 5.56 Å². The van der Waals surface area contributed by atoms with Crippen LogP contribution in [0.15, 0.2) is 48.5 Å². The minimum atomic E-state index is -0.213. The van der Waals surface area contributed by atoms with Crippen molar-refractivity contribution in [2.45, 2.75) is 12.3 Å². The number of hydrogen-bond acceptors (Lipinski definition) is 2. The van der Waals surface area contributed by atoms with E-state index < -0.39 is 0 Å². The summed E-state index contributed by atoms with van der Waals surface area (Å²) in [5.74, 6) is 0.428. The van der Waals surface area contributed by atoms with Crippen LogP contribution in [0.4, 0.5) is 0 Å². The van der Waals surface area contributed by atoms with Crippen LogP contribution < -0.4 is 4.74 Å². The Morgan fingerprint density at radius 1 is 1.05 bits per heavy atom. The molecule has 0 aliphatic heterocycles. The maximum absolute atomic E-state index is 9.24. The van der Waals surface area contributed by atoms with Gasteiger partial charge in [-0.3, -0.25) is 0 Å². The first-order valence-corrected chi connectivity index (χ1v) is 6.98. The third-order valence-electron chi connectivity index (χ3n) is 2.93. The summed E-state index contributed by atoms with van der Waals surface area (Å²) in [6.07, 6.45) is 0.601. The van der Waals surface area contributed by atoms with E-state index in [9.17, 15) is 5.26 Å². The van der Waals surface area contributed by atoms with Crippen LogP contribution in [-0.4, -0.2) is 6.61 Å². The maximum atomic E-state index is 9.24. The SMILES string of the molecule is N#CC(CCOc1ccccc1Cl)c1ccc(Cl)cc1. The highest BCUT2D eigenvalue weighted by molar-refractivity contribution is 6.32. The average Bonchev–Trinajstić information content (AvgIpc) is 2.47. The van der Waals surface area contributed by atoms with Crippen molar-refractivity contribution < 1.29 is 4.74 Å². The molecule has 0 saturated carbocycles. The Kier molecular flexibility index (Phi) is 5.29. The number of nitriles is 1. The Labute approximate surface area is 128 Å². The molecule has 0 aromatic heterocycles. The van der Waals surface area contributed by atoms with Gasteiger partial charge in [0.05, 0.1) is 23.6 Å². The summed E-state index contributed by atoms with van der Waals surface area (Å²) in [5.41, 5.74) is 0.944. The molecular formula is C16H13Cl2NO. The van der Waals surface area contributed by atoms with Crippen molar-refractivity contribution in [3.63, 3.8) is 0 Å². The monoisotopic (exact) mass is 305 g/mol. The molecule has 0 spiro atoms. The number of rotatable bonds is 5. The minimum absolute atomic E-state index is 0.213. The molecule has 0 radical (unpaired) electrons. The first-order chi connectivity index (χ1) is 9.70. The molecule has 1 unspecified atom stereocenters. The van der Waals surface area contributed by atoms with Gasteiger partial charge in [0.2, 0.25) is 0 Å². The van der Waals surface area contributed by atoms with Crippen molar-refractivity contribution >= 4 is 23.2 Å². The van der Waals surface area contributed by atoms with Crippen LogP contribution in [0.2, 0.25) is 10.0 Å². The van der Waals surface area contributed by atoms with Gasteiger partial charge in [-0.2, -0.15) is 5.26 Å². The van der Waals surface area contributed by atoms with E-state index >= 15 is 0 Å². The number of para-hydroxylation sites is 1. The molecule has 2 rings (SSSR count). The molecule has 0 saturated heterocycles. The van der Waals surface area contributed by atoms with Crippen molar-refractivity contribution in [2.75, 3.05) is 6.61 Å². The topological polar surface area (TPSA) is 33.0 Å². The van der Waals surface area contributed by atoms with E-state index in [4.69, 9.17) is 27.9 Å². The lowest BCUT2D eigenvalue weighted by Gasteiger charge is -2.11. The summed E-state index contributed by atoms with van der Waals surface area (Å²) in [4.78, 5) is 0. The predicted octanol–water partition coefficient (Wildman–Crippen LogP) is 5.07. The van der Waals surface area contributed by atoms with Gasteiger partial charge >= 0.3 is 0 Å². The molecule has 102 valence electrons. The molecule has 1 atom stereocenters. The Bertz CT molecular complexity index is 605. The van der Waals surface area contributed by atoms with Gasteiger partial charge in [0.25, 0.3) is 0 Å². The van der Waals surface area contributed by atoms with E-state index in [1.807, 2.05) is 30.3 Å². The van der Waals surface area contributed by atoms with Crippen LogP contribution in [0.5, 0.6) is 5.75 Å². The van der Waals surface area contributed by atoms with Crippen molar-refractivity contribution in [1.82, 2.24) is 0 Å². The fourth-order valence-electron chi connectivity index (χ4n) is 1.85. The second kappa shape index (κ2) is 7.19. The van der Waals surface area contributed by atoms with Crippen LogP contribution in [0, 0.1) is 11.3 Å². The van der Waals surface area contributed by atoms with Crippen LogP contribution >= 0.6 is 23.2 Å². The molecular weight excluding hydrogens is 293 g/mol. The van der Waals surface area contributed by atoms with E-state index in [2.05, 4.69) is 6.07 Å². The first-order valence-electron chi connectivity index (χ1n) is 6.23. The normalized spacial score (nSPS) is 11.7. The lowest BCUT2D eigenvalue weighted by atomic mass is 9.98. The Balaban J connectivity index is 1.94. The van der Waals surface area contributed by atoms with Gasteiger partial charge in [-0.15, -0.1) is 0 Å². The van der Waals surface area contributed by atoms with Crippen LogP contribution in [0.1, 0.15) is 17.9 Å². The van der Waals surface area contributed by atoms with Crippen LogP contribution in [-0.2, 0) is 0 Å². The number of ether oxygens (including phenoxy) is 1. The molecule has 0 aliphatic rings. The molecule has 0 N–H and O–H groups in total. The summed E-state index contributed by atoms with van der Waals surface area (Å²) in [6, 6.07) is 16.9. The van der Waals surface area contributed by atoms with Gasteiger partial charge < -0.3 is 4.74 Å². The average molecular weight is 306 g/mol. The first kappa shape index (κ1) is 14.7. The van der Waals surface area contributed by atoms with Gasteiger partial charge in [0, 0.05) is 11.4 Å². The Morgan fingerprint density at radius 3 is 2.40 bits per heavy atom.